The Labute approximate surface area is 243 Å². The van der Waals surface area contributed by atoms with Gasteiger partial charge < -0.3 is 14.8 Å². The number of fused-ring (bicyclic) bond motifs is 1. The average molecular weight is 553 g/mol. The molecule has 0 fully saturated rings. The first-order valence-electron chi connectivity index (χ1n) is 14.0. The van der Waals surface area contributed by atoms with E-state index in [1.54, 1.807) is 6.07 Å². The number of nitrogens with zero attached hydrogens (tertiary/aromatic N) is 1. The molecular weight excluding hydrogens is 512 g/mol. The summed E-state index contributed by atoms with van der Waals surface area (Å²) in [4.78, 5) is 30.6. The fourth-order valence-corrected chi connectivity index (χ4v) is 4.69. The summed E-state index contributed by atoms with van der Waals surface area (Å²) in [6, 6.07) is 25.1. The van der Waals surface area contributed by atoms with E-state index in [1.807, 2.05) is 69.3 Å². The SMILES string of the molecule is COC(=O)[C@@H](NC(=O)c1cc2ccc(Oc3ccc(C(C)(C)C)cc3)cc2c(CCc2ccccc2)n1)C(C)(C)C. The van der Waals surface area contributed by atoms with Crippen molar-refractivity contribution in [2.45, 2.75) is 65.8 Å². The van der Waals surface area contributed by atoms with E-state index in [2.05, 4.69) is 50.4 Å². The summed E-state index contributed by atoms with van der Waals surface area (Å²) >= 11 is 0. The van der Waals surface area contributed by atoms with E-state index >= 15 is 0 Å². The standard InChI is InChI=1S/C35H40N2O4/c1-34(2,3)25-15-18-26(19-16-25)41-27-17-14-24-21-30(32(38)37-31(33(39)40-7)35(4,5)6)36-29(28(24)22-27)20-13-23-11-9-8-10-12-23/h8-12,14-19,21-22,31H,13,20H2,1-7H3,(H,37,38)/t31-/m1/s1. The van der Waals surface area contributed by atoms with E-state index in [1.165, 1.54) is 18.2 Å². The molecule has 214 valence electrons. The third kappa shape index (κ3) is 7.51. The number of aromatic nitrogens is 1. The number of carbonyl (C=O) groups excluding carboxylic acids is 2. The van der Waals surface area contributed by atoms with Crippen molar-refractivity contribution in [2.24, 2.45) is 5.41 Å². The molecule has 41 heavy (non-hydrogen) atoms. The number of benzene rings is 3. The van der Waals surface area contributed by atoms with Crippen LogP contribution in [0.25, 0.3) is 10.8 Å². The molecule has 0 aliphatic carbocycles. The number of carbonyl (C=O) groups is 2. The van der Waals surface area contributed by atoms with Crippen LogP contribution in [0, 0.1) is 5.41 Å². The summed E-state index contributed by atoms with van der Waals surface area (Å²) < 4.78 is 11.2. The number of methoxy groups -OCH3 is 1. The van der Waals surface area contributed by atoms with Gasteiger partial charge in [-0.05, 0) is 70.5 Å². The van der Waals surface area contributed by atoms with Crippen LogP contribution in [0.5, 0.6) is 11.5 Å². The topological polar surface area (TPSA) is 77.5 Å². The molecule has 0 aliphatic heterocycles. The van der Waals surface area contributed by atoms with Crippen LogP contribution in [0.2, 0.25) is 0 Å². The highest BCUT2D eigenvalue weighted by Crippen LogP contribution is 2.31. The first-order valence-corrected chi connectivity index (χ1v) is 14.0. The second kappa shape index (κ2) is 12.1. The van der Waals surface area contributed by atoms with Crippen molar-refractivity contribution in [1.82, 2.24) is 10.3 Å². The number of hydrogen-bond acceptors (Lipinski definition) is 5. The minimum Gasteiger partial charge on any atom is -0.467 e. The number of ether oxygens (including phenoxy) is 2. The van der Waals surface area contributed by atoms with Crippen molar-refractivity contribution in [3.8, 4) is 11.5 Å². The first kappa shape index (κ1) is 29.8. The van der Waals surface area contributed by atoms with Gasteiger partial charge in [0.2, 0.25) is 0 Å². The van der Waals surface area contributed by atoms with Gasteiger partial charge in [0.15, 0.2) is 0 Å². The lowest BCUT2D eigenvalue weighted by atomic mass is 9.86. The highest BCUT2D eigenvalue weighted by Gasteiger charge is 2.34. The number of rotatable bonds is 8. The molecule has 0 saturated carbocycles. The maximum absolute atomic E-state index is 13.4. The molecule has 4 rings (SSSR count). The van der Waals surface area contributed by atoms with Gasteiger partial charge in [0.25, 0.3) is 5.91 Å². The third-order valence-electron chi connectivity index (χ3n) is 7.14. The Kier molecular flexibility index (Phi) is 8.81. The van der Waals surface area contributed by atoms with Gasteiger partial charge in [0, 0.05) is 11.1 Å². The van der Waals surface area contributed by atoms with Crippen LogP contribution in [0.3, 0.4) is 0 Å². The monoisotopic (exact) mass is 552 g/mol. The lowest BCUT2D eigenvalue weighted by molar-refractivity contribution is -0.145. The fraction of sp³-hybridized carbons (Fsp3) is 0.343. The van der Waals surface area contributed by atoms with E-state index in [-0.39, 0.29) is 11.1 Å². The maximum atomic E-state index is 13.4. The molecule has 0 radical (unpaired) electrons. The number of nitrogens with one attached hydrogen (secondary N) is 1. The van der Waals surface area contributed by atoms with E-state index in [4.69, 9.17) is 14.5 Å². The zero-order chi connectivity index (χ0) is 29.8. The molecule has 0 unspecified atom stereocenters. The minimum absolute atomic E-state index is 0.0640. The van der Waals surface area contributed by atoms with Gasteiger partial charge in [0.05, 0.1) is 7.11 Å². The Morgan fingerprint density at radius 1 is 0.829 bits per heavy atom. The molecule has 0 spiro atoms. The Hall–Kier alpha value is -4.19. The average Bonchev–Trinajstić information content (AvgIpc) is 2.93. The van der Waals surface area contributed by atoms with Gasteiger partial charge in [0.1, 0.15) is 23.2 Å². The lowest BCUT2D eigenvalue weighted by Gasteiger charge is -2.29. The lowest BCUT2D eigenvalue weighted by Crippen LogP contribution is -2.49. The molecule has 3 aromatic carbocycles. The predicted octanol–water partition coefficient (Wildman–Crippen LogP) is 7.43. The van der Waals surface area contributed by atoms with Crippen LogP contribution in [-0.2, 0) is 27.8 Å². The van der Waals surface area contributed by atoms with Crippen LogP contribution in [0.4, 0.5) is 0 Å². The van der Waals surface area contributed by atoms with Gasteiger partial charge in [-0.2, -0.15) is 0 Å². The van der Waals surface area contributed by atoms with E-state index in [9.17, 15) is 9.59 Å². The molecule has 1 atom stereocenters. The largest absolute Gasteiger partial charge is 0.467 e. The normalized spacial score (nSPS) is 12.6. The van der Waals surface area contributed by atoms with Gasteiger partial charge in [-0.15, -0.1) is 0 Å². The zero-order valence-electron chi connectivity index (χ0n) is 25.1. The molecule has 1 amide bonds. The summed E-state index contributed by atoms with van der Waals surface area (Å²) in [5.41, 5.74) is 2.99. The molecule has 1 N–H and O–H groups in total. The number of aryl methyl sites for hydroxylation is 2. The van der Waals surface area contributed by atoms with Crippen molar-refractivity contribution in [1.29, 1.82) is 0 Å². The zero-order valence-corrected chi connectivity index (χ0v) is 25.1. The number of pyridine rings is 1. The van der Waals surface area contributed by atoms with Crippen molar-refractivity contribution in [3.05, 3.63) is 101 Å². The van der Waals surface area contributed by atoms with Crippen LogP contribution < -0.4 is 10.1 Å². The quantitative estimate of drug-likeness (QED) is 0.230. The smallest absolute Gasteiger partial charge is 0.328 e. The van der Waals surface area contributed by atoms with Gasteiger partial charge in [-0.3, -0.25) is 4.79 Å². The second-order valence-corrected chi connectivity index (χ2v) is 12.5. The van der Waals surface area contributed by atoms with Crippen molar-refractivity contribution < 1.29 is 19.1 Å². The van der Waals surface area contributed by atoms with Crippen LogP contribution in [0.15, 0.2) is 78.9 Å². The number of esters is 1. The van der Waals surface area contributed by atoms with Gasteiger partial charge in [-0.1, -0.05) is 90.1 Å². The molecule has 0 aliphatic rings. The summed E-state index contributed by atoms with van der Waals surface area (Å²) in [5, 5.41) is 4.64. The van der Waals surface area contributed by atoms with Gasteiger partial charge in [-0.25, -0.2) is 9.78 Å². The van der Waals surface area contributed by atoms with E-state index in [0.29, 0.717) is 12.2 Å². The second-order valence-electron chi connectivity index (χ2n) is 12.5. The number of hydrogen-bond donors (Lipinski definition) is 1. The highest BCUT2D eigenvalue weighted by molar-refractivity contribution is 5.99. The minimum atomic E-state index is -0.814. The van der Waals surface area contributed by atoms with Gasteiger partial charge >= 0.3 is 5.97 Å². The van der Waals surface area contributed by atoms with Crippen LogP contribution in [0.1, 0.15) is 68.9 Å². The Morgan fingerprint density at radius 3 is 2.10 bits per heavy atom. The third-order valence-corrected chi connectivity index (χ3v) is 7.14. The molecule has 1 aromatic heterocycles. The molecule has 6 heteroatoms. The van der Waals surface area contributed by atoms with Crippen molar-refractivity contribution in [2.75, 3.05) is 7.11 Å². The molecule has 6 nitrogen and oxygen atoms in total. The highest BCUT2D eigenvalue weighted by atomic mass is 16.5. The Morgan fingerprint density at radius 2 is 1.49 bits per heavy atom. The molecule has 0 saturated heterocycles. The Bertz CT molecular complexity index is 1510. The van der Waals surface area contributed by atoms with Crippen molar-refractivity contribution >= 4 is 22.6 Å². The molecular formula is C35H40N2O4. The first-order chi connectivity index (χ1) is 19.3. The molecule has 0 bridgehead atoms. The summed E-state index contributed by atoms with van der Waals surface area (Å²) in [6.07, 6.45) is 1.39. The number of amides is 1. The van der Waals surface area contributed by atoms with E-state index in [0.717, 1.165) is 28.6 Å². The van der Waals surface area contributed by atoms with E-state index < -0.39 is 23.3 Å². The maximum Gasteiger partial charge on any atom is 0.328 e. The Balaban J connectivity index is 1.68. The summed E-state index contributed by atoms with van der Waals surface area (Å²) in [6.45, 7) is 12.2. The summed E-state index contributed by atoms with van der Waals surface area (Å²) in [7, 11) is 1.32. The van der Waals surface area contributed by atoms with Crippen LogP contribution >= 0.6 is 0 Å². The molecule has 1 heterocycles. The summed E-state index contributed by atoms with van der Waals surface area (Å²) in [5.74, 6) is 0.536. The fourth-order valence-electron chi connectivity index (χ4n) is 4.69. The predicted molar refractivity (Wildman–Crippen MR) is 164 cm³/mol. The van der Waals surface area contributed by atoms with Crippen LogP contribution in [-0.4, -0.2) is 30.0 Å². The molecule has 4 aromatic rings. The van der Waals surface area contributed by atoms with Crippen molar-refractivity contribution in [3.63, 3.8) is 0 Å².